The molecule has 1 N–H and O–H groups in total. The number of carbonyl (C=O) groups excluding carboxylic acids is 2. The quantitative estimate of drug-likeness (QED) is 0.0214. The maximum absolute atomic E-state index is 12.9. The Hall–Kier alpha value is -1.48. The standard InChI is InChI=1S/C49H98N4O4S/c1-7-10-13-16-19-28-35-45-56-47(54)39-31-24-20-26-33-42-53(44-36-41-50-49(51-58-6)52(4)5)43-34-27-21-25-32-40-48(55)57-46(37-29-22-17-14-11-8-2)38-30-23-18-15-12-9-3/h46H,7-45H2,1-6H3,(H,50,51). The van der Waals surface area contributed by atoms with Gasteiger partial charge in [0.15, 0.2) is 0 Å². The molecule has 58 heavy (non-hydrogen) atoms. The van der Waals surface area contributed by atoms with E-state index in [0.717, 1.165) is 83.5 Å². The van der Waals surface area contributed by atoms with Gasteiger partial charge in [0.25, 0.3) is 0 Å². The fraction of sp³-hybridized carbons (Fsp3) is 0.939. The number of carbonyl (C=O) groups is 2. The van der Waals surface area contributed by atoms with E-state index in [1.54, 1.807) is 11.9 Å². The Balaban J connectivity index is 4.50. The van der Waals surface area contributed by atoms with Crippen LogP contribution >= 0.6 is 11.9 Å². The van der Waals surface area contributed by atoms with Crippen LogP contribution in [0.25, 0.3) is 0 Å². The molecule has 0 fully saturated rings. The number of esters is 2. The van der Waals surface area contributed by atoms with E-state index in [1.165, 1.54) is 154 Å². The predicted octanol–water partition coefficient (Wildman–Crippen LogP) is 13.9. The van der Waals surface area contributed by atoms with Gasteiger partial charge in [-0.05, 0) is 83.8 Å². The van der Waals surface area contributed by atoms with Crippen LogP contribution in [0.15, 0.2) is 4.99 Å². The highest BCUT2D eigenvalue weighted by atomic mass is 32.2. The first-order chi connectivity index (χ1) is 28.4. The zero-order valence-electron chi connectivity index (χ0n) is 39.5. The second-order valence-electron chi connectivity index (χ2n) is 17.2. The van der Waals surface area contributed by atoms with Crippen molar-refractivity contribution in [2.75, 3.05) is 53.1 Å². The van der Waals surface area contributed by atoms with Crippen LogP contribution in [0.5, 0.6) is 0 Å². The predicted molar refractivity (Wildman–Crippen MR) is 254 cm³/mol. The maximum atomic E-state index is 12.9. The third-order valence-electron chi connectivity index (χ3n) is 11.3. The highest BCUT2D eigenvalue weighted by Gasteiger charge is 2.14. The summed E-state index contributed by atoms with van der Waals surface area (Å²) in [5.41, 5.74) is 0. The maximum Gasteiger partial charge on any atom is 0.306 e. The summed E-state index contributed by atoms with van der Waals surface area (Å²) in [6.07, 6.45) is 41.8. The fourth-order valence-corrected chi connectivity index (χ4v) is 8.00. The van der Waals surface area contributed by atoms with Crippen molar-refractivity contribution in [3.8, 4) is 0 Å². The average molecular weight is 839 g/mol. The summed E-state index contributed by atoms with van der Waals surface area (Å²) in [5.74, 6) is 0.937. The molecular weight excluding hydrogens is 741 g/mol. The van der Waals surface area contributed by atoms with Gasteiger partial charge in [0.2, 0.25) is 5.96 Å². The van der Waals surface area contributed by atoms with Gasteiger partial charge >= 0.3 is 11.9 Å². The van der Waals surface area contributed by atoms with E-state index in [9.17, 15) is 9.59 Å². The van der Waals surface area contributed by atoms with Gasteiger partial charge in [-0.15, -0.1) is 0 Å². The van der Waals surface area contributed by atoms with Crippen LogP contribution in [0.4, 0.5) is 0 Å². The average Bonchev–Trinajstić information content (AvgIpc) is 3.21. The van der Waals surface area contributed by atoms with Crippen molar-refractivity contribution in [1.82, 2.24) is 14.5 Å². The molecule has 0 rings (SSSR count). The highest BCUT2D eigenvalue weighted by molar-refractivity contribution is 7.97. The molecule has 0 aromatic heterocycles. The van der Waals surface area contributed by atoms with Gasteiger partial charge in [0, 0.05) is 39.7 Å². The first-order valence-electron chi connectivity index (χ1n) is 25.0. The van der Waals surface area contributed by atoms with Crippen LogP contribution in [0.3, 0.4) is 0 Å². The number of nitrogens with one attached hydrogen (secondary N) is 1. The van der Waals surface area contributed by atoms with Gasteiger partial charge in [0.05, 0.1) is 6.61 Å². The van der Waals surface area contributed by atoms with E-state index in [2.05, 4.69) is 30.4 Å². The van der Waals surface area contributed by atoms with Crippen LogP contribution < -0.4 is 4.72 Å². The minimum absolute atomic E-state index is 0.0175. The van der Waals surface area contributed by atoms with E-state index in [1.807, 2.05) is 25.3 Å². The van der Waals surface area contributed by atoms with E-state index in [0.29, 0.717) is 19.4 Å². The Labute approximate surface area is 365 Å². The topological polar surface area (TPSA) is 83.5 Å². The number of hydrogen-bond donors (Lipinski definition) is 1. The Bertz CT molecular complexity index is 905. The zero-order valence-corrected chi connectivity index (χ0v) is 40.4. The molecule has 0 atom stereocenters. The number of nitrogens with zero attached hydrogens (tertiary/aromatic N) is 3. The lowest BCUT2D eigenvalue weighted by molar-refractivity contribution is -0.150. The van der Waals surface area contributed by atoms with Crippen LogP contribution in [-0.4, -0.2) is 86.9 Å². The van der Waals surface area contributed by atoms with E-state index >= 15 is 0 Å². The van der Waals surface area contributed by atoms with Crippen molar-refractivity contribution in [2.45, 2.75) is 245 Å². The molecule has 8 nitrogen and oxygen atoms in total. The van der Waals surface area contributed by atoms with Gasteiger partial charge in [-0.2, -0.15) is 0 Å². The monoisotopic (exact) mass is 839 g/mol. The second-order valence-corrected chi connectivity index (χ2v) is 17.8. The molecule has 0 amide bonds. The summed E-state index contributed by atoms with van der Waals surface area (Å²) in [6.45, 7) is 11.5. The summed E-state index contributed by atoms with van der Waals surface area (Å²) in [7, 11) is 4.06. The molecule has 0 saturated heterocycles. The van der Waals surface area contributed by atoms with Crippen molar-refractivity contribution >= 4 is 29.8 Å². The lowest BCUT2D eigenvalue weighted by Gasteiger charge is -2.22. The van der Waals surface area contributed by atoms with Gasteiger partial charge in [0.1, 0.15) is 6.10 Å². The Kier molecular flexibility index (Phi) is 43.9. The molecule has 0 aliphatic carbocycles. The summed E-state index contributed by atoms with van der Waals surface area (Å²) >= 11 is 1.58. The summed E-state index contributed by atoms with van der Waals surface area (Å²) in [5, 5.41) is 0. The molecule has 9 heteroatoms. The second kappa shape index (κ2) is 45.1. The first kappa shape index (κ1) is 56.5. The molecular formula is C49H98N4O4S. The molecule has 0 bridgehead atoms. The van der Waals surface area contributed by atoms with Crippen LogP contribution in [0.2, 0.25) is 0 Å². The molecule has 0 aliphatic rings. The third kappa shape index (κ3) is 40.0. The molecule has 0 radical (unpaired) electrons. The highest BCUT2D eigenvalue weighted by Crippen LogP contribution is 2.19. The summed E-state index contributed by atoms with van der Waals surface area (Å²) in [4.78, 5) is 34.5. The molecule has 0 unspecified atom stereocenters. The van der Waals surface area contributed by atoms with Crippen molar-refractivity contribution in [3.05, 3.63) is 0 Å². The van der Waals surface area contributed by atoms with Crippen molar-refractivity contribution in [1.29, 1.82) is 0 Å². The Morgan fingerprint density at radius 3 is 1.43 bits per heavy atom. The molecule has 0 aromatic carbocycles. The Morgan fingerprint density at radius 1 is 0.534 bits per heavy atom. The number of ether oxygens (including phenoxy) is 2. The van der Waals surface area contributed by atoms with Crippen molar-refractivity contribution < 1.29 is 19.1 Å². The molecule has 344 valence electrons. The summed E-state index contributed by atoms with van der Waals surface area (Å²) in [6, 6.07) is 0. The molecule has 0 saturated carbocycles. The van der Waals surface area contributed by atoms with Crippen LogP contribution in [0, 0.1) is 0 Å². The van der Waals surface area contributed by atoms with Crippen LogP contribution in [0.1, 0.15) is 239 Å². The van der Waals surface area contributed by atoms with Gasteiger partial charge in [-0.1, -0.05) is 174 Å². The minimum Gasteiger partial charge on any atom is -0.466 e. The van der Waals surface area contributed by atoms with E-state index < -0.39 is 0 Å². The fourth-order valence-electron chi connectivity index (χ4n) is 7.57. The smallest absolute Gasteiger partial charge is 0.306 e. The normalized spacial score (nSPS) is 11.8. The van der Waals surface area contributed by atoms with Crippen molar-refractivity contribution in [3.63, 3.8) is 0 Å². The lowest BCUT2D eigenvalue weighted by Crippen LogP contribution is -2.32. The molecule has 0 aliphatic heterocycles. The number of aliphatic imine (C=N–C) groups is 1. The van der Waals surface area contributed by atoms with Gasteiger partial charge < -0.3 is 24.0 Å². The number of guanidine groups is 1. The van der Waals surface area contributed by atoms with Crippen molar-refractivity contribution in [2.24, 2.45) is 4.99 Å². The molecule has 0 aromatic rings. The first-order valence-corrected chi connectivity index (χ1v) is 26.2. The summed E-state index contributed by atoms with van der Waals surface area (Å²) < 4.78 is 14.8. The van der Waals surface area contributed by atoms with Gasteiger partial charge in [-0.25, -0.2) is 0 Å². The van der Waals surface area contributed by atoms with E-state index in [4.69, 9.17) is 14.5 Å². The lowest BCUT2D eigenvalue weighted by atomic mass is 10.0. The Morgan fingerprint density at radius 2 is 0.948 bits per heavy atom. The SMILES string of the molecule is CCCCCCCCCOC(=O)CCCCCCCN(CCCCCCCC(=O)OC(CCCCCCCC)CCCCCCCC)CCCN=C(NSC)N(C)C. The molecule has 0 spiro atoms. The molecule has 0 heterocycles. The minimum atomic E-state index is -0.0175. The van der Waals surface area contributed by atoms with E-state index in [-0.39, 0.29) is 18.0 Å². The largest absolute Gasteiger partial charge is 0.466 e. The zero-order chi connectivity index (χ0) is 42.6. The van der Waals surface area contributed by atoms with Gasteiger partial charge in [-0.3, -0.25) is 14.6 Å². The number of hydrogen-bond acceptors (Lipinski definition) is 7. The number of rotatable bonds is 44. The third-order valence-corrected chi connectivity index (χ3v) is 11.7. The van der Waals surface area contributed by atoms with Crippen LogP contribution in [-0.2, 0) is 19.1 Å². The number of unbranched alkanes of at least 4 members (excludes halogenated alkanes) is 24.